The Labute approximate surface area is 98.8 Å². The van der Waals surface area contributed by atoms with E-state index < -0.39 is 0 Å². The van der Waals surface area contributed by atoms with E-state index in [1.54, 1.807) is 12.1 Å². The van der Waals surface area contributed by atoms with Gasteiger partial charge in [0.1, 0.15) is 0 Å². The number of hydrogen-bond acceptors (Lipinski definition) is 1. The Balaban J connectivity index is 0.00000144. The molecule has 0 atom stereocenters. The smallest absolute Gasteiger partial charge is 0.0612 e. The van der Waals surface area contributed by atoms with Gasteiger partial charge >= 0.3 is 0 Å². The van der Waals surface area contributed by atoms with Gasteiger partial charge in [-0.3, -0.25) is 0 Å². The van der Waals surface area contributed by atoms with E-state index in [0.717, 1.165) is 12.2 Å². The summed E-state index contributed by atoms with van der Waals surface area (Å²) >= 11 is 17.0. The van der Waals surface area contributed by atoms with Crippen molar-refractivity contribution in [2.75, 3.05) is 17.7 Å². The Morgan fingerprint density at radius 3 is 2.38 bits per heavy atom. The quantitative estimate of drug-likeness (QED) is 0.809. The van der Waals surface area contributed by atoms with Gasteiger partial charge in [-0.15, -0.1) is 24.0 Å². The summed E-state index contributed by atoms with van der Waals surface area (Å²) in [5.74, 6) is 0.570. The van der Waals surface area contributed by atoms with Gasteiger partial charge in [-0.25, -0.2) is 0 Å². The molecule has 0 aliphatic carbocycles. The summed E-state index contributed by atoms with van der Waals surface area (Å²) in [5, 5.41) is 4.20. The van der Waals surface area contributed by atoms with Gasteiger partial charge in [-0.05, 0) is 18.2 Å². The van der Waals surface area contributed by atoms with Crippen molar-refractivity contribution < 1.29 is 0 Å². The highest BCUT2D eigenvalue weighted by Crippen LogP contribution is 2.24. The van der Waals surface area contributed by atoms with E-state index >= 15 is 0 Å². The predicted molar refractivity (Wildman–Crippen MR) is 62.9 cm³/mol. The molecule has 0 heterocycles. The van der Waals surface area contributed by atoms with Crippen LogP contribution in [0, 0.1) is 0 Å². The van der Waals surface area contributed by atoms with Gasteiger partial charge in [-0.1, -0.05) is 23.2 Å². The van der Waals surface area contributed by atoms with E-state index in [1.165, 1.54) is 0 Å². The third-order valence-electron chi connectivity index (χ3n) is 1.34. The van der Waals surface area contributed by atoms with Crippen LogP contribution in [-0.2, 0) is 0 Å². The fourth-order valence-electron chi connectivity index (χ4n) is 0.798. The SMILES string of the molecule is Cl.ClCCNc1ccc(Cl)c(Cl)c1. The third-order valence-corrected chi connectivity index (χ3v) is 2.27. The number of rotatable bonds is 3. The lowest BCUT2D eigenvalue weighted by Crippen LogP contribution is -2.01. The minimum absolute atomic E-state index is 0. The van der Waals surface area contributed by atoms with Crippen molar-refractivity contribution in [1.82, 2.24) is 0 Å². The summed E-state index contributed by atoms with van der Waals surface area (Å²) in [6.45, 7) is 0.722. The van der Waals surface area contributed by atoms with Gasteiger partial charge in [-0.2, -0.15) is 0 Å². The molecule has 1 rings (SSSR count). The lowest BCUT2D eigenvalue weighted by atomic mass is 10.3. The molecule has 1 nitrogen and oxygen atoms in total. The van der Waals surface area contributed by atoms with Gasteiger partial charge in [0.2, 0.25) is 0 Å². The van der Waals surface area contributed by atoms with Crippen LogP contribution >= 0.6 is 47.2 Å². The molecule has 0 fully saturated rings. The Morgan fingerprint density at radius 1 is 1.15 bits per heavy atom. The van der Waals surface area contributed by atoms with Gasteiger partial charge < -0.3 is 5.32 Å². The summed E-state index contributed by atoms with van der Waals surface area (Å²) in [6, 6.07) is 5.39. The molecule has 0 saturated heterocycles. The number of nitrogens with one attached hydrogen (secondary N) is 1. The Morgan fingerprint density at radius 2 is 1.85 bits per heavy atom. The molecule has 0 bridgehead atoms. The summed E-state index contributed by atoms with van der Waals surface area (Å²) in [7, 11) is 0. The van der Waals surface area contributed by atoms with Crippen LogP contribution in [0.1, 0.15) is 0 Å². The summed E-state index contributed by atoms with van der Waals surface area (Å²) in [4.78, 5) is 0. The normalized spacial score (nSPS) is 9.15. The molecule has 0 amide bonds. The van der Waals surface area contributed by atoms with Gasteiger partial charge in [0.25, 0.3) is 0 Å². The van der Waals surface area contributed by atoms with Gasteiger partial charge in [0.05, 0.1) is 10.0 Å². The second kappa shape index (κ2) is 6.61. The zero-order chi connectivity index (χ0) is 8.97. The lowest BCUT2D eigenvalue weighted by Gasteiger charge is -2.04. The average Bonchev–Trinajstić information content (AvgIpc) is 2.07. The first kappa shape index (κ1) is 13.2. The number of hydrogen-bond donors (Lipinski definition) is 1. The predicted octanol–water partition coefficient (Wildman–Crippen LogP) is 4.07. The van der Waals surface area contributed by atoms with E-state index in [4.69, 9.17) is 34.8 Å². The lowest BCUT2D eigenvalue weighted by molar-refractivity contribution is 1.22. The Kier molecular flexibility index (Phi) is 6.70. The van der Waals surface area contributed by atoms with Crippen LogP contribution in [0.2, 0.25) is 10.0 Å². The number of anilines is 1. The molecule has 74 valence electrons. The van der Waals surface area contributed by atoms with Crippen LogP contribution in [0.4, 0.5) is 5.69 Å². The third kappa shape index (κ3) is 4.28. The minimum atomic E-state index is 0. The molecule has 5 heteroatoms. The fraction of sp³-hybridized carbons (Fsp3) is 0.250. The highest BCUT2D eigenvalue weighted by molar-refractivity contribution is 6.42. The first-order chi connectivity index (χ1) is 5.74. The molecule has 0 spiro atoms. The minimum Gasteiger partial charge on any atom is -0.384 e. The molecule has 13 heavy (non-hydrogen) atoms. The van der Waals surface area contributed by atoms with Crippen molar-refractivity contribution in [2.45, 2.75) is 0 Å². The molecule has 0 aliphatic heterocycles. The van der Waals surface area contributed by atoms with Gasteiger partial charge in [0.15, 0.2) is 0 Å². The van der Waals surface area contributed by atoms with Crippen molar-refractivity contribution in [3.8, 4) is 0 Å². The zero-order valence-corrected chi connectivity index (χ0v) is 9.77. The van der Waals surface area contributed by atoms with Crippen molar-refractivity contribution in [1.29, 1.82) is 0 Å². The van der Waals surface area contributed by atoms with Crippen LogP contribution in [0.15, 0.2) is 18.2 Å². The van der Waals surface area contributed by atoms with Crippen LogP contribution in [0.5, 0.6) is 0 Å². The molecule has 0 radical (unpaired) electrons. The molecule has 1 N–H and O–H groups in total. The maximum absolute atomic E-state index is 5.79. The summed E-state index contributed by atoms with van der Waals surface area (Å²) < 4.78 is 0. The standard InChI is InChI=1S/C8H8Cl3N.ClH/c9-3-4-12-6-1-2-7(10)8(11)5-6;/h1-2,5,12H,3-4H2;1H. The van der Waals surface area contributed by atoms with E-state index in [-0.39, 0.29) is 12.4 Å². The van der Waals surface area contributed by atoms with Crippen LogP contribution < -0.4 is 5.32 Å². The highest BCUT2D eigenvalue weighted by Gasteiger charge is 1.97. The summed E-state index contributed by atoms with van der Waals surface area (Å²) in [5.41, 5.74) is 0.935. The second-order valence-corrected chi connectivity index (χ2v) is 3.44. The number of benzene rings is 1. The average molecular weight is 261 g/mol. The molecule has 0 saturated carbocycles. The maximum Gasteiger partial charge on any atom is 0.0612 e. The number of alkyl halides is 1. The maximum atomic E-state index is 5.79. The van der Waals surface area contributed by atoms with Crippen molar-refractivity contribution in [2.24, 2.45) is 0 Å². The van der Waals surface area contributed by atoms with Crippen molar-refractivity contribution in [3.05, 3.63) is 28.2 Å². The Hall–Kier alpha value is 0.180. The molecule has 0 aliphatic rings. The second-order valence-electron chi connectivity index (χ2n) is 2.24. The molecular weight excluding hydrogens is 252 g/mol. The van der Waals surface area contributed by atoms with E-state index in [1.807, 2.05) is 6.07 Å². The topological polar surface area (TPSA) is 12.0 Å². The van der Waals surface area contributed by atoms with Gasteiger partial charge in [0, 0.05) is 18.1 Å². The zero-order valence-electron chi connectivity index (χ0n) is 6.69. The van der Waals surface area contributed by atoms with E-state index in [9.17, 15) is 0 Å². The van der Waals surface area contributed by atoms with Crippen molar-refractivity contribution >= 4 is 52.9 Å². The first-order valence-electron chi connectivity index (χ1n) is 3.49. The molecule has 0 unspecified atom stereocenters. The van der Waals surface area contributed by atoms with Crippen molar-refractivity contribution in [3.63, 3.8) is 0 Å². The van der Waals surface area contributed by atoms with Crippen LogP contribution in [0.25, 0.3) is 0 Å². The summed E-state index contributed by atoms with van der Waals surface area (Å²) in [6.07, 6.45) is 0. The largest absolute Gasteiger partial charge is 0.384 e. The number of halogens is 4. The van der Waals surface area contributed by atoms with E-state index in [2.05, 4.69) is 5.32 Å². The Bertz CT molecular complexity index is 264. The van der Waals surface area contributed by atoms with Crippen LogP contribution in [0.3, 0.4) is 0 Å². The van der Waals surface area contributed by atoms with E-state index in [0.29, 0.717) is 15.9 Å². The molecule has 1 aromatic rings. The molecular formula is C8H9Cl4N. The highest BCUT2D eigenvalue weighted by atomic mass is 35.5. The monoisotopic (exact) mass is 259 g/mol. The fourth-order valence-corrected chi connectivity index (χ4v) is 1.19. The first-order valence-corrected chi connectivity index (χ1v) is 4.78. The van der Waals surface area contributed by atoms with Crippen LogP contribution in [-0.4, -0.2) is 12.4 Å². The molecule has 1 aromatic carbocycles. The molecule has 0 aromatic heterocycles.